The summed E-state index contributed by atoms with van der Waals surface area (Å²) in [6.07, 6.45) is 6.72. The largest absolute Gasteiger partial charge is 0.381 e. The Labute approximate surface area is 174 Å². The second-order valence-corrected chi connectivity index (χ2v) is 8.11. The minimum Gasteiger partial charge on any atom is -0.381 e. The molecule has 2 N–H and O–H groups in total. The highest BCUT2D eigenvalue weighted by molar-refractivity contribution is 6.30. The predicted molar refractivity (Wildman–Crippen MR) is 113 cm³/mol. The maximum Gasteiger partial charge on any atom is 0.171 e. The van der Waals surface area contributed by atoms with Crippen molar-refractivity contribution < 1.29 is 4.52 Å². The fourth-order valence-electron chi connectivity index (χ4n) is 4.56. The van der Waals surface area contributed by atoms with Crippen LogP contribution in [-0.4, -0.2) is 45.7 Å². The highest BCUT2D eigenvalue weighted by atomic mass is 35.5. The van der Waals surface area contributed by atoms with Gasteiger partial charge < -0.3 is 15.2 Å². The summed E-state index contributed by atoms with van der Waals surface area (Å²) < 4.78 is 5.79. The van der Waals surface area contributed by atoms with Crippen LogP contribution in [0.5, 0.6) is 0 Å². The molecule has 150 valence electrons. The van der Waals surface area contributed by atoms with Gasteiger partial charge in [0.25, 0.3) is 0 Å². The highest BCUT2D eigenvalue weighted by Crippen LogP contribution is 2.38. The number of piperidine rings is 1. The summed E-state index contributed by atoms with van der Waals surface area (Å²) in [5, 5.41) is 5.01. The molecule has 0 radical (unpaired) electrons. The number of aromatic nitrogens is 3. The van der Waals surface area contributed by atoms with Gasteiger partial charge in [-0.3, -0.25) is 4.90 Å². The summed E-state index contributed by atoms with van der Waals surface area (Å²) in [7, 11) is 0. The summed E-state index contributed by atoms with van der Waals surface area (Å²) in [5.41, 5.74) is 7.85. The Kier molecular flexibility index (Phi) is 4.85. The van der Waals surface area contributed by atoms with Gasteiger partial charge in [0.15, 0.2) is 17.4 Å². The van der Waals surface area contributed by atoms with Gasteiger partial charge >= 0.3 is 0 Å². The van der Waals surface area contributed by atoms with E-state index in [4.69, 9.17) is 21.9 Å². The van der Waals surface area contributed by atoms with E-state index in [1.807, 2.05) is 24.3 Å². The van der Waals surface area contributed by atoms with Crippen molar-refractivity contribution in [2.45, 2.75) is 31.3 Å². The Morgan fingerprint density at radius 2 is 2.00 bits per heavy atom. The lowest BCUT2D eigenvalue weighted by molar-refractivity contribution is 0.0558. The molecule has 0 amide bonds. The van der Waals surface area contributed by atoms with E-state index < -0.39 is 0 Å². The third-order valence-corrected chi connectivity index (χ3v) is 6.16. The van der Waals surface area contributed by atoms with E-state index in [2.05, 4.69) is 31.0 Å². The van der Waals surface area contributed by atoms with E-state index in [1.165, 1.54) is 0 Å². The van der Waals surface area contributed by atoms with Gasteiger partial charge in [0, 0.05) is 54.7 Å². The zero-order valence-corrected chi connectivity index (χ0v) is 16.8. The Balaban J connectivity index is 1.35. The van der Waals surface area contributed by atoms with Gasteiger partial charge in [-0.15, -0.1) is 0 Å². The lowest BCUT2D eigenvalue weighted by Gasteiger charge is -2.47. The highest BCUT2D eigenvalue weighted by Gasteiger charge is 2.38. The molecule has 8 heteroatoms. The number of benzene rings is 1. The fourth-order valence-corrected chi connectivity index (χ4v) is 4.75. The van der Waals surface area contributed by atoms with Crippen LogP contribution in [0.25, 0.3) is 11.3 Å². The number of anilines is 2. The van der Waals surface area contributed by atoms with Gasteiger partial charge in [0.2, 0.25) is 0 Å². The van der Waals surface area contributed by atoms with E-state index in [-0.39, 0.29) is 6.04 Å². The zero-order chi connectivity index (χ0) is 19.8. The zero-order valence-electron chi connectivity index (χ0n) is 16.0. The van der Waals surface area contributed by atoms with Crippen LogP contribution in [-0.2, 0) is 0 Å². The molecule has 2 aliphatic rings. The molecule has 5 rings (SSSR count). The van der Waals surface area contributed by atoms with Gasteiger partial charge in [-0.25, -0.2) is 9.97 Å². The number of rotatable bonds is 3. The van der Waals surface area contributed by atoms with Gasteiger partial charge in [-0.05, 0) is 31.4 Å². The Morgan fingerprint density at radius 1 is 1.10 bits per heavy atom. The number of hydrogen-bond acceptors (Lipinski definition) is 7. The second-order valence-electron chi connectivity index (χ2n) is 7.67. The molecule has 0 unspecified atom stereocenters. The molecular formula is C21H23ClN6O. The molecule has 3 aromatic rings. The van der Waals surface area contributed by atoms with Gasteiger partial charge in [0.05, 0.1) is 6.04 Å². The summed E-state index contributed by atoms with van der Waals surface area (Å²) in [6, 6.07) is 10.4. The molecule has 29 heavy (non-hydrogen) atoms. The van der Waals surface area contributed by atoms with Crippen LogP contribution in [0.1, 0.15) is 31.1 Å². The van der Waals surface area contributed by atoms with Crippen molar-refractivity contribution in [3.8, 4) is 11.3 Å². The van der Waals surface area contributed by atoms with Crippen LogP contribution < -0.4 is 10.6 Å². The number of nitrogens with zero attached hydrogens (tertiary/aromatic N) is 5. The molecule has 0 bridgehead atoms. The normalized spacial score (nSPS) is 22.4. The minimum absolute atomic E-state index is 0.246. The first-order valence-electron chi connectivity index (χ1n) is 9.99. The van der Waals surface area contributed by atoms with Crippen molar-refractivity contribution >= 4 is 23.2 Å². The lowest BCUT2D eigenvalue weighted by Crippen LogP contribution is -2.56. The van der Waals surface area contributed by atoms with Crippen molar-refractivity contribution in [3.05, 3.63) is 53.5 Å². The average Bonchev–Trinajstić information content (AvgIpc) is 3.23. The third-order valence-electron chi connectivity index (χ3n) is 5.93. The molecule has 2 aliphatic heterocycles. The van der Waals surface area contributed by atoms with E-state index in [9.17, 15) is 0 Å². The van der Waals surface area contributed by atoms with E-state index >= 15 is 0 Å². The smallest absolute Gasteiger partial charge is 0.171 e. The Morgan fingerprint density at radius 3 is 2.86 bits per heavy atom. The molecule has 0 spiro atoms. The molecule has 0 saturated carbocycles. The first kappa shape index (κ1) is 18.4. The fraction of sp³-hybridized carbons (Fsp3) is 0.381. The van der Waals surface area contributed by atoms with Crippen molar-refractivity contribution in [3.63, 3.8) is 0 Å². The number of halogens is 1. The monoisotopic (exact) mass is 410 g/mol. The summed E-state index contributed by atoms with van der Waals surface area (Å²) >= 11 is 6.13. The SMILES string of the molecule is Nc1nccnc1N1CCN2[C@@H](CCC[C@@H]2c2cc(-c3cccc(Cl)c3)no2)C1. The van der Waals surface area contributed by atoms with Crippen molar-refractivity contribution in [2.75, 3.05) is 30.3 Å². The molecule has 2 atom stereocenters. The first-order chi connectivity index (χ1) is 14.2. The van der Waals surface area contributed by atoms with E-state index in [0.717, 1.165) is 61.7 Å². The van der Waals surface area contributed by atoms with Crippen molar-refractivity contribution in [1.82, 2.24) is 20.0 Å². The number of nitrogens with two attached hydrogens (primary N) is 1. The maximum atomic E-state index is 6.13. The van der Waals surface area contributed by atoms with Crippen LogP contribution in [0.3, 0.4) is 0 Å². The summed E-state index contributed by atoms with van der Waals surface area (Å²) in [5.74, 6) is 2.21. The quantitative estimate of drug-likeness (QED) is 0.703. The Bertz CT molecular complexity index is 1010. The van der Waals surface area contributed by atoms with E-state index in [1.54, 1.807) is 12.4 Å². The molecule has 0 aliphatic carbocycles. The molecule has 2 saturated heterocycles. The minimum atomic E-state index is 0.246. The van der Waals surface area contributed by atoms with Crippen molar-refractivity contribution in [1.29, 1.82) is 0 Å². The number of piperazine rings is 1. The average molecular weight is 411 g/mol. The molecule has 2 fully saturated rings. The number of nitrogen functional groups attached to an aromatic ring is 1. The molecule has 2 aromatic heterocycles. The molecule has 7 nitrogen and oxygen atoms in total. The van der Waals surface area contributed by atoms with Crippen LogP contribution in [0.2, 0.25) is 5.02 Å². The molecule has 4 heterocycles. The number of hydrogen-bond donors (Lipinski definition) is 1. The second kappa shape index (κ2) is 7.65. The van der Waals surface area contributed by atoms with Gasteiger partial charge in [-0.2, -0.15) is 0 Å². The van der Waals surface area contributed by atoms with Crippen LogP contribution in [0.15, 0.2) is 47.2 Å². The lowest BCUT2D eigenvalue weighted by atomic mass is 9.91. The molecule has 1 aromatic carbocycles. The third kappa shape index (κ3) is 3.56. The topological polar surface area (TPSA) is 84.3 Å². The van der Waals surface area contributed by atoms with Crippen molar-refractivity contribution in [2.24, 2.45) is 0 Å². The Hall–Kier alpha value is -2.64. The maximum absolute atomic E-state index is 6.13. The number of fused-ring (bicyclic) bond motifs is 1. The summed E-state index contributed by atoms with van der Waals surface area (Å²) in [4.78, 5) is 13.4. The van der Waals surface area contributed by atoms with Crippen LogP contribution in [0, 0.1) is 0 Å². The summed E-state index contributed by atoms with van der Waals surface area (Å²) in [6.45, 7) is 2.69. The van der Waals surface area contributed by atoms with E-state index in [0.29, 0.717) is 16.9 Å². The van der Waals surface area contributed by atoms with Gasteiger partial charge in [0.1, 0.15) is 5.69 Å². The van der Waals surface area contributed by atoms with Crippen LogP contribution in [0.4, 0.5) is 11.6 Å². The predicted octanol–water partition coefficient (Wildman–Crippen LogP) is 3.78. The van der Waals surface area contributed by atoms with Crippen LogP contribution >= 0.6 is 11.6 Å². The molecular weight excluding hydrogens is 388 g/mol. The standard InChI is InChI=1S/C21H23ClN6O/c22-15-4-1-3-14(11-15)17-12-19(29-26-17)18-6-2-5-16-13-27(9-10-28(16)18)21-20(23)24-7-8-25-21/h1,3-4,7-8,11-12,16,18H,2,5-6,9-10,13H2,(H2,23,24)/t16-,18+/m0/s1. The van der Waals surface area contributed by atoms with Gasteiger partial charge in [-0.1, -0.05) is 28.9 Å². The first-order valence-corrected chi connectivity index (χ1v) is 10.4.